The van der Waals surface area contributed by atoms with Gasteiger partial charge in [0.15, 0.2) is 0 Å². The standard InChI is InChI=1S/C10H15BrN2O2S3/c1-3-4-13(6-8(12)16)18(14,15)9-5-7(2)10(11)17-9/h5H,3-4,6H2,1-2H3,(H2,12,16). The summed E-state index contributed by atoms with van der Waals surface area (Å²) in [5, 5.41) is 0. The largest absolute Gasteiger partial charge is 0.392 e. The molecule has 2 N–H and O–H groups in total. The number of sulfonamides is 1. The molecule has 0 aliphatic rings. The zero-order valence-electron chi connectivity index (χ0n) is 10.1. The zero-order chi connectivity index (χ0) is 13.9. The third-order valence-electron chi connectivity index (χ3n) is 2.23. The predicted molar refractivity (Wildman–Crippen MR) is 82.6 cm³/mol. The smallest absolute Gasteiger partial charge is 0.252 e. The first-order chi connectivity index (χ1) is 8.28. The van der Waals surface area contributed by atoms with Crippen molar-refractivity contribution in [3.63, 3.8) is 0 Å². The molecule has 0 aliphatic carbocycles. The zero-order valence-corrected chi connectivity index (χ0v) is 14.2. The monoisotopic (exact) mass is 370 g/mol. The number of nitrogens with zero attached hydrogens (tertiary/aromatic N) is 1. The molecule has 0 bridgehead atoms. The van der Waals surface area contributed by atoms with Crippen molar-refractivity contribution < 1.29 is 8.42 Å². The molecule has 1 rings (SSSR count). The highest BCUT2D eigenvalue weighted by atomic mass is 79.9. The molecule has 0 spiro atoms. The van der Waals surface area contributed by atoms with Gasteiger partial charge in [-0.05, 0) is 40.9 Å². The summed E-state index contributed by atoms with van der Waals surface area (Å²) in [6.45, 7) is 4.27. The van der Waals surface area contributed by atoms with Gasteiger partial charge >= 0.3 is 0 Å². The Morgan fingerprint density at radius 1 is 1.61 bits per heavy atom. The summed E-state index contributed by atoms with van der Waals surface area (Å²) in [6.07, 6.45) is 0.716. The van der Waals surface area contributed by atoms with E-state index in [-0.39, 0.29) is 11.5 Å². The fraction of sp³-hybridized carbons (Fsp3) is 0.500. The third kappa shape index (κ3) is 3.74. The van der Waals surface area contributed by atoms with Gasteiger partial charge in [-0.3, -0.25) is 0 Å². The molecule has 8 heteroatoms. The van der Waals surface area contributed by atoms with Gasteiger partial charge in [0, 0.05) is 6.54 Å². The molecule has 0 atom stereocenters. The van der Waals surface area contributed by atoms with E-state index in [0.717, 1.165) is 9.35 Å². The average molecular weight is 371 g/mol. The van der Waals surface area contributed by atoms with Gasteiger partial charge in [0.1, 0.15) is 4.21 Å². The fourth-order valence-electron chi connectivity index (χ4n) is 1.39. The molecule has 1 heterocycles. The summed E-state index contributed by atoms with van der Waals surface area (Å²) in [6, 6.07) is 1.66. The lowest BCUT2D eigenvalue weighted by Gasteiger charge is -2.19. The van der Waals surface area contributed by atoms with Crippen LogP contribution >= 0.6 is 39.5 Å². The Morgan fingerprint density at radius 3 is 2.61 bits per heavy atom. The minimum absolute atomic E-state index is 0.0834. The van der Waals surface area contributed by atoms with Crippen LogP contribution in [0.1, 0.15) is 18.9 Å². The Bertz CT molecular complexity index is 520. The highest BCUT2D eigenvalue weighted by Gasteiger charge is 2.26. The Labute approximate surface area is 125 Å². The van der Waals surface area contributed by atoms with E-state index < -0.39 is 10.0 Å². The van der Waals surface area contributed by atoms with Crippen molar-refractivity contribution in [1.82, 2.24) is 4.31 Å². The molecule has 0 aromatic carbocycles. The van der Waals surface area contributed by atoms with Crippen molar-refractivity contribution in [1.29, 1.82) is 0 Å². The van der Waals surface area contributed by atoms with E-state index >= 15 is 0 Å². The molecule has 1 aromatic rings. The summed E-state index contributed by atoms with van der Waals surface area (Å²) >= 11 is 9.34. The number of halogens is 1. The number of hydrogen-bond acceptors (Lipinski definition) is 4. The summed E-state index contributed by atoms with van der Waals surface area (Å²) in [5.74, 6) is 0. The van der Waals surface area contributed by atoms with Crippen LogP contribution in [0.3, 0.4) is 0 Å². The van der Waals surface area contributed by atoms with E-state index in [4.69, 9.17) is 18.0 Å². The molecule has 4 nitrogen and oxygen atoms in total. The van der Waals surface area contributed by atoms with Gasteiger partial charge in [0.05, 0.1) is 15.3 Å². The summed E-state index contributed by atoms with van der Waals surface area (Å²) < 4.78 is 27.3. The predicted octanol–water partition coefficient (Wildman–Crippen LogP) is 2.51. The van der Waals surface area contributed by atoms with E-state index in [9.17, 15) is 8.42 Å². The number of thiocarbonyl (C=S) groups is 1. The molecule has 18 heavy (non-hydrogen) atoms. The van der Waals surface area contributed by atoms with Crippen LogP contribution in [0.4, 0.5) is 0 Å². The van der Waals surface area contributed by atoms with Gasteiger partial charge in [-0.1, -0.05) is 19.1 Å². The van der Waals surface area contributed by atoms with Crippen LogP contribution < -0.4 is 5.73 Å². The van der Waals surface area contributed by atoms with Crippen molar-refractivity contribution >= 4 is 54.5 Å². The van der Waals surface area contributed by atoms with Gasteiger partial charge in [0.25, 0.3) is 10.0 Å². The van der Waals surface area contributed by atoms with Crippen molar-refractivity contribution in [2.24, 2.45) is 5.73 Å². The first-order valence-corrected chi connectivity index (χ1v) is 8.79. The SMILES string of the molecule is CCCN(CC(N)=S)S(=O)(=O)c1cc(C)c(Br)s1. The normalized spacial score (nSPS) is 12.0. The van der Waals surface area contributed by atoms with Gasteiger partial charge in [-0.2, -0.15) is 4.31 Å². The molecule has 0 aliphatic heterocycles. The number of rotatable bonds is 6. The summed E-state index contributed by atoms with van der Waals surface area (Å²) in [5.41, 5.74) is 6.36. The lowest BCUT2D eigenvalue weighted by Crippen LogP contribution is -2.37. The van der Waals surface area contributed by atoms with Gasteiger partial charge in [0.2, 0.25) is 0 Å². The van der Waals surface area contributed by atoms with E-state index in [1.165, 1.54) is 15.6 Å². The fourth-order valence-corrected chi connectivity index (χ4v) is 5.52. The Hall–Kier alpha value is -0.0200. The van der Waals surface area contributed by atoms with Crippen LogP contribution in [0.5, 0.6) is 0 Å². The topological polar surface area (TPSA) is 63.4 Å². The number of nitrogens with two attached hydrogens (primary N) is 1. The quantitative estimate of drug-likeness (QED) is 0.781. The highest BCUT2D eigenvalue weighted by Crippen LogP contribution is 2.32. The molecule has 1 aromatic heterocycles. The Kier molecular flexibility index (Phi) is 5.72. The molecule has 0 radical (unpaired) electrons. The molecule has 102 valence electrons. The second kappa shape index (κ2) is 6.42. The van der Waals surface area contributed by atoms with Crippen LogP contribution in [0.25, 0.3) is 0 Å². The molecule has 0 fully saturated rings. The first kappa shape index (κ1) is 16.0. The highest BCUT2D eigenvalue weighted by molar-refractivity contribution is 9.11. The van der Waals surface area contributed by atoms with E-state index in [2.05, 4.69) is 15.9 Å². The molecular formula is C10H15BrN2O2S3. The van der Waals surface area contributed by atoms with Crippen LogP contribution in [-0.2, 0) is 10.0 Å². The van der Waals surface area contributed by atoms with Gasteiger partial charge in [-0.25, -0.2) is 8.42 Å². The summed E-state index contributed by atoms with van der Waals surface area (Å²) in [7, 11) is -3.51. The van der Waals surface area contributed by atoms with Crippen molar-refractivity contribution in [3.8, 4) is 0 Å². The average Bonchev–Trinajstić information content (AvgIpc) is 2.59. The maximum atomic E-state index is 12.4. The Morgan fingerprint density at radius 2 is 2.22 bits per heavy atom. The van der Waals surface area contributed by atoms with Crippen LogP contribution in [-0.4, -0.2) is 30.8 Å². The maximum absolute atomic E-state index is 12.4. The van der Waals surface area contributed by atoms with E-state index in [0.29, 0.717) is 17.2 Å². The number of aryl methyl sites for hydroxylation is 1. The lowest BCUT2D eigenvalue weighted by molar-refractivity contribution is 0.451. The van der Waals surface area contributed by atoms with Crippen LogP contribution in [0, 0.1) is 6.92 Å². The van der Waals surface area contributed by atoms with Crippen molar-refractivity contribution in [2.75, 3.05) is 13.1 Å². The summed E-state index contributed by atoms with van der Waals surface area (Å²) in [4.78, 5) is 0.180. The van der Waals surface area contributed by atoms with Gasteiger partial charge < -0.3 is 5.73 Å². The minimum atomic E-state index is -3.51. The molecule has 0 saturated heterocycles. The Balaban J connectivity index is 3.12. The molecular weight excluding hydrogens is 356 g/mol. The van der Waals surface area contributed by atoms with Crippen molar-refractivity contribution in [2.45, 2.75) is 24.5 Å². The second-order valence-electron chi connectivity index (χ2n) is 3.83. The van der Waals surface area contributed by atoms with Crippen LogP contribution in [0.15, 0.2) is 14.1 Å². The lowest BCUT2D eigenvalue weighted by atomic mass is 10.4. The molecule has 0 saturated carbocycles. The maximum Gasteiger partial charge on any atom is 0.252 e. The van der Waals surface area contributed by atoms with Crippen molar-refractivity contribution in [3.05, 3.63) is 15.4 Å². The minimum Gasteiger partial charge on any atom is -0.392 e. The number of hydrogen-bond donors (Lipinski definition) is 1. The van der Waals surface area contributed by atoms with E-state index in [1.54, 1.807) is 6.07 Å². The number of thiophene rings is 1. The third-order valence-corrected chi connectivity index (χ3v) is 6.79. The van der Waals surface area contributed by atoms with E-state index in [1.807, 2.05) is 13.8 Å². The second-order valence-corrected chi connectivity index (χ2v) is 8.89. The molecule has 0 unspecified atom stereocenters. The first-order valence-electron chi connectivity index (χ1n) is 5.33. The van der Waals surface area contributed by atoms with Crippen LogP contribution in [0.2, 0.25) is 0 Å². The molecule has 0 amide bonds. The van der Waals surface area contributed by atoms with Gasteiger partial charge in [-0.15, -0.1) is 11.3 Å².